The van der Waals surface area contributed by atoms with Gasteiger partial charge in [0, 0.05) is 23.9 Å². The molecule has 2 aromatic rings. The van der Waals surface area contributed by atoms with Crippen LogP contribution in [0.15, 0.2) is 42.5 Å². The molecule has 1 saturated heterocycles. The largest absolute Gasteiger partial charge is 0.333 e. The molecule has 4 rings (SSSR count). The number of nitrogens with one attached hydrogen (secondary N) is 1. The predicted octanol–water partition coefficient (Wildman–Crippen LogP) is 4.88. The van der Waals surface area contributed by atoms with Crippen LogP contribution in [-0.4, -0.2) is 38.8 Å². The van der Waals surface area contributed by atoms with Gasteiger partial charge in [0.05, 0.1) is 17.0 Å². The van der Waals surface area contributed by atoms with Crippen molar-refractivity contribution in [2.24, 2.45) is 0 Å². The number of benzene rings is 2. The lowest BCUT2D eigenvalue weighted by molar-refractivity contribution is -0.384. The van der Waals surface area contributed by atoms with Gasteiger partial charge in [0.15, 0.2) is 5.11 Å². The van der Waals surface area contributed by atoms with E-state index in [0.717, 1.165) is 37.7 Å². The van der Waals surface area contributed by atoms with E-state index in [0.29, 0.717) is 22.1 Å². The highest BCUT2D eigenvalue weighted by atomic mass is 32.1. The summed E-state index contributed by atoms with van der Waals surface area (Å²) >= 11 is 5.79. The highest BCUT2D eigenvalue weighted by molar-refractivity contribution is 7.80. The zero-order chi connectivity index (χ0) is 24.4. The Morgan fingerprint density at radius 1 is 1.12 bits per heavy atom. The fraction of sp³-hybridized carbons (Fsp3) is 0.400. The first kappa shape index (κ1) is 23.8. The van der Waals surface area contributed by atoms with Gasteiger partial charge in [-0.15, -0.1) is 0 Å². The zero-order valence-corrected chi connectivity index (χ0v) is 20.1. The molecule has 1 heterocycles. The van der Waals surface area contributed by atoms with E-state index in [9.17, 15) is 19.7 Å². The van der Waals surface area contributed by atoms with E-state index in [-0.39, 0.29) is 30.0 Å². The van der Waals surface area contributed by atoms with Crippen LogP contribution in [0.2, 0.25) is 0 Å². The fourth-order valence-electron chi connectivity index (χ4n) is 4.78. The summed E-state index contributed by atoms with van der Waals surface area (Å²) in [6.45, 7) is 3.68. The number of hydrogen-bond acceptors (Lipinski definition) is 5. The first-order valence-corrected chi connectivity index (χ1v) is 11.9. The molecule has 2 fully saturated rings. The summed E-state index contributed by atoms with van der Waals surface area (Å²) in [6.07, 6.45) is 5.14. The molecule has 2 aromatic carbocycles. The summed E-state index contributed by atoms with van der Waals surface area (Å²) < 4.78 is 0. The van der Waals surface area contributed by atoms with Crippen molar-refractivity contribution in [2.75, 3.05) is 10.2 Å². The van der Waals surface area contributed by atoms with Gasteiger partial charge >= 0.3 is 0 Å². The van der Waals surface area contributed by atoms with Crippen molar-refractivity contribution >= 4 is 46.2 Å². The smallest absolute Gasteiger partial charge is 0.269 e. The van der Waals surface area contributed by atoms with Crippen molar-refractivity contribution < 1.29 is 14.5 Å². The summed E-state index contributed by atoms with van der Waals surface area (Å²) in [6, 6.07) is 11.4. The monoisotopic (exact) mass is 480 g/mol. The van der Waals surface area contributed by atoms with Crippen LogP contribution in [0.3, 0.4) is 0 Å². The summed E-state index contributed by atoms with van der Waals surface area (Å²) in [5.74, 6) is -0.528. The van der Waals surface area contributed by atoms with Gasteiger partial charge in [0.25, 0.3) is 11.6 Å². The van der Waals surface area contributed by atoms with Crippen LogP contribution in [0.1, 0.15) is 49.7 Å². The molecule has 8 nitrogen and oxygen atoms in total. The molecular formula is C25H28N4O4S. The molecule has 1 saturated carbocycles. The highest BCUT2D eigenvalue weighted by Crippen LogP contribution is 2.34. The Labute approximate surface area is 204 Å². The molecule has 1 atom stereocenters. The Kier molecular flexibility index (Phi) is 6.92. The lowest BCUT2D eigenvalue weighted by Gasteiger charge is -2.35. The van der Waals surface area contributed by atoms with Crippen LogP contribution >= 0.6 is 12.2 Å². The quantitative estimate of drug-likeness (QED) is 0.360. The van der Waals surface area contributed by atoms with Gasteiger partial charge in [-0.1, -0.05) is 37.0 Å². The molecule has 2 amide bonds. The van der Waals surface area contributed by atoms with Crippen molar-refractivity contribution in [1.82, 2.24) is 4.90 Å². The highest BCUT2D eigenvalue weighted by Gasteiger charge is 2.47. The van der Waals surface area contributed by atoms with Gasteiger partial charge in [-0.3, -0.25) is 24.6 Å². The van der Waals surface area contributed by atoms with Crippen LogP contribution in [0.4, 0.5) is 17.1 Å². The van der Waals surface area contributed by atoms with E-state index in [1.165, 1.54) is 18.2 Å². The molecule has 1 aliphatic heterocycles. The number of aryl methyl sites for hydroxylation is 2. The minimum absolute atomic E-state index is 0.0379. The number of nitro benzene ring substituents is 1. The normalized spacial score (nSPS) is 18.9. The Balaban J connectivity index is 1.57. The average Bonchev–Trinajstić information content (AvgIpc) is 3.05. The second kappa shape index (κ2) is 9.89. The summed E-state index contributed by atoms with van der Waals surface area (Å²) in [7, 11) is 0. The van der Waals surface area contributed by atoms with Crippen molar-refractivity contribution in [2.45, 2.75) is 64.5 Å². The molecule has 0 bridgehead atoms. The van der Waals surface area contributed by atoms with E-state index >= 15 is 0 Å². The van der Waals surface area contributed by atoms with Gasteiger partial charge in [-0.25, -0.2) is 0 Å². The maximum Gasteiger partial charge on any atom is 0.269 e. The SMILES string of the molecule is Cc1ccc(N2C(=O)C(CC(=O)Nc3ccc([N+](=O)[O-])cc3C)N(C3CCCCC3)C2=S)cc1. The predicted molar refractivity (Wildman–Crippen MR) is 135 cm³/mol. The van der Waals surface area contributed by atoms with Crippen molar-refractivity contribution in [3.63, 3.8) is 0 Å². The average molecular weight is 481 g/mol. The molecule has 1 unspecified atom stereocenters. The number of anilines is 2. The van der Waals surface area contributed by atoms with Crippen molar-refractivity contribution in [1.29, 1.82) is 0 Å². The van der Waals surface area contributed by atoms with E-state index in [4.69, 9.17) is 12.2 Å². The minimum Gasteiger partial charge on any atom is -0.333 e. The van der Waals surface area contributed by atoms with Gasteiger partial charge < -0.3 is 10.2 Å². The Morgan fingerprint density at radius 3 is 2.41 bits per heavy atom. The zero-order valence-electron chi connectivity index (χ0n) is 19.3. The minimum atomic E-state index is -0.685. The second-order valence-electron chi connectivity index (χ2n) is 9.02. The number of amides is 2. The number of carbonyl (C=O) groups is 2. The Bertz CT molecular complexity index is 1130. The van der Waals surface area contributed by atoms with Crippen LogP contribution in [0, 0.1) is 24.0 Å². The standard InChI is InChI=1S/C25H28N4O4S/c1-16-8-10-19(11-9-16)28-24(31)22(27(25(28)34)18-6-4-3-5-7-18)15-23(30)26-21-13-12-20(29(32)33)14-17(21)2/h8-14,18,22H,3-7,15H2,1-2H3,(H,26,30). The fourth-order valence-corrected chi connectivity index (χ4v) is 5.25. The van der Waals surface area contributed by atoms with Crippen LogP contribution in [-0.2, 0) is 9.59 Å². The number of nitrogens with zero attached hydrogens (tertiary/aromatic N) is 3. The molecule has 1 N–H and O–H groups in total. The van der Waals surface area contributed by atoms with Crippen molar-refractivity contribution in [3.8, 4) is 0 Å². The number of carbonyl (C=O) groups excluding carboxylic acids is 2. The summed E-state index contributed by atoms with van der Waals surface area (Å²) in [5.41, 5.74) is 2.82. The molecule has 178 valence electrons. The van der Waals surface area contributed by atoms with Gasteiger partial charge in [-0.2, -0.15) is 0 Å². The van der Waals surface area contributed by atoms with Gasteiger partial charge in [0.2, 0.25) is 5.91 Å². The molecule has 0 spiro atoms. The number of rotatable bonds is 6. The number of non-ortho nitro benzene ring substituents is 1. The molecule has 1 aliphatic carbocycles. The third-order valence-electron chi connectivity index (χ3n) is 6.59. The maximum absolute atomic E-state index is 13.6. The summed E-state index contributed by atoms with van der Waals surface area (Å²) in [4.78, 5) is 40.6. The maximum atomic E-state index is 13.6. The molecule has 34 heavy (non-hydrogen) atoms. The second-order valence-corrected chi connectivity index (χ2v) is 9.38. The van der Waals surface area contributed by atoms with E-state index < -0.39 is 11.0 Å². The van der Waals surface area contributed by atoms with Gasteiger partial charge in [-0.05, 0) is 62.7 Å². The Morgan fingerprint density at radius 2 is 1.79 bits per heavy atom. The van der Waals surface area contributed by atoms with E-state index in [2.05, 4.69) is 5.32 Å². The molecule has 0 aromatic heterocycles. The summed E-state index contributed by atoms with van der Waals surface area (Å²) in [5, 5.41) is 14.3. The first-order valence-electron chi connectivity index (χ1n) is 11.5. The van der Waals surface area contributed by atoms with E-state index in [1.807, 2.05) is 36.1 Å². The van der Waals surface area contributed by atoms with Gasteiger partial charge in [0.1, 0.15) is 6.04 Å². The lowest BCUT2D eigenvalue weighted by atomic mass is 9.93. The van der Waals surface area contributed by atoms with Crippen LogP contribution < -0.4 is 10.2 Å². The lowest BCUT2D eigenvalue weighted by Crippen LogP contribution is -2.45. The van der Waals surface area contributed by atoms with Crippen LogP contribution in [0.25, 0.3) is 0 Å². The third-order valence-corrected chi connectivity index (χ3v) is 6.98. The molecular weight excluding hydrogens is 452 g/mol. The van der Waals surface area contributed by atoms with Crippen LogP contribution in [0.5, 0.6) is 0 Å². The molecule has 9 heteroatoms. The molecule has 0 radical (unpaired) electrons. The molecule has 2 aliphatic rings. The number of hydrogen-bond donors (Lipinski definition) is 1. The number of nitro groups is 1. The van der Waals surface area contributed by atoms with E-state index in [1.54, 1.807) is 11.8 Å². The number of thiocarbonyl (C=S) groups is 1. The third kappa shape index (κ3) is 4.79. The first-order chi connectivity index (χ1) is 16.3. The topological polar surface area (TPSA) is 95.8 Å². The Hall–Kier alpha value is -3.33. The van der Waals surface area contributed by atoms with Crippen molar-refractivity contribution in [3.05, 3.63) is 63.7 Å².